The maximum Gasteiger partial charge on any atom is 0.158 e. The molecule has 3 aromatic rings. The molecule has 1 fully saturated rings. The van der Waals surface area contributed by atoms with Crippen molar-refractivity contribution in [2.45, 2.75) is 12.8 Å². The Morgan fingerprint density at radius 1 is 1.10 bits per heavy atom. The second-order valence-electron chi connectivity index (χ2n) is 5.20. The number of hydrogen-bond donors (Lipinski definition) is 1. The van der Waals surface area contributed by atoms with Crippen molar-refractivity contribution in [2.24, 2.45) is 0 Å². The van der Waals surface area contributed by atoms with E-state index in [1.807, 2.05) is 24.4 Å². The van der Waals surface area contributed by atoms with Crippen LogP contribution in [-0.4, -0.2) is 33.0 Å². The van der Waals surface area contributed by atoms with Crippen molar-refractivity contribution in [1.82, 2.24) is 19.9 Å². The van der Waals surface area contributed by atoms with Gasteiger partial charge in [-0.3, -0.25) is 4.98 Å². The van der Waals surface area contributed by atoms with E-state index in [4.69, 9.17) is 4.98 Å². The molecule has 0 unspecified atom stereocenters. The Hall–Kier alpha value is -1.95. The molecule has 0 saturated carbocycles. The first kappa shape index (κ1) is 12.8. The first-order valence-electron chi connectivity index (χ1n) is 7.02. The molecule has 1 aromatic carbocycles. The minimum Gasteiger partial charge on any atom is -0.355 e. The zero-order chi connectivity index (χ0) is 14.2. The summed E-state index contributed by atoms with van der Waals surface area (Å²) in [5.41, 5.74) is 2.71. The molecule has 1 aliphatic rings. The first-order valence-corrected chi connectivity index (χ1v) is 7.81. The van der Waals surface area contributed by atoms with E-state index in [0.717, 1.165) is 45.9 Å². The standard InChI is InChI=1S/C15H14BrN5/c16-10-3-4-11-12(7-10)20-15(19-11)13-8-17-9-14(18-13)21-5-1-2-6-21/h3-4,7-9H,1-2,5-6H2,(H,19,20). The van der Waals surface area contributed by atoms with Crippen molar-refractivity contribution in [3.63, 3.8) is 0 Å². The fraction of sp³-hybridized carbons (Fsp3) is 0.267. The van der Waals surface area contributed by atoms with Crippen LogP contribution in [0.15, 0.2) is 35.1 Å². The highest BCUT2D eigenvalue weighted by atomic mass is 79.9. The van der Waals surface area contributed by atoms with E-state index < -0.39 is 0 Å². The summed E-state index contributed by atoms with van der Waals surface area (Å²) in [7, 11) is 0. The second-order valence-corrected chi connectivity index (χ2v) is 6.12. The normalized spacial score (nSPS) is 15.0. The van der Waals surface area contributed by atoms with Gasteiger partial charge in [0.1, 0.15) is 11.5 Å². The van der Waals surface area contributed by atoms with E-state index in [-0.39, 0.29) is 0 Å². The molecule has 0 bridgehead atoms. The molecule has 106 valence electrons. The van der Waals surface area contributed by atoms with Crippen molar-refractivity contribution >= 4 is 32.8 Å². The van der Waals surface area contributed by atoms with Crippen LogP contribution in [0.2, 0.25) is 0 Å². The van der Waals surface area contributed by atoms with Crippen LogP contribution in [0.1, 0.15) is 12.8 Å². The second kappa shape index (κ2) is 5.11. The number of imidazole rings is 1. The number of rotatable bonds is 2. The topological polar surface area (TPSA) is 57.7 Å². The van der Waals surface area contributed by atoms with E-state index in [9.17, 15) is 0 Å². The summed E-state index contributed by atoms with van der Waals surface area (Å²) in [4.78, 5) is 19.2. The molecule has 0 spiro atoms. The van der Waals surface area contributed by atoms with Gasteiger partial charge >= 0.3 is 0 Å². The number of nitrogens with zero attached hydrogens (tertiary/aromatic N) is 4. The molecule has 0 radical (unpaired) electrons. The third kappa shape index (κ3) is 2.40. The molecule has 1 aliphatic heterocycles. The van der Waals surface area contributed by atoms with Crippen LogP contribution in [0.3, 0.4) is 0 Å². The minimum absolute atomic E-state index is 0.761. The molecule has 5 nitrogen and oxygen atoms in total. The van der Waals surface area contributed by atoms with Crippen LogP contribution in [0, 0.1) is 0 Å². The van der Waals surface area contributed by atoms with Crippen LogP contribution in [-0.2, 0) is 0 Å². The molecular formula is C15H14BrN5. The van der Waals surface area contributed by atoms with Crippen LogP contribution in [0.4, 0.5) is 5.82 Å². The van der Waals surface area contributed by atoms with Gasteiger partial charge < -0.3 is 9.88 Å². The van der Waals surface area contributed by atoms with Crippen LogP contribution in [0.5, 0.6) is 0 Å². The molecule has 2 aromatic heterocycles. The highest BCUT2D eigenvalue weighted by Gasteiger charge is 2.15. The molecule has 3 heterocycles. The average Bonchev–Trinajstić information content (AvgIpc) is 3.16. The van der Waals surface area contributed by atoms with E-state index in [1.165, 1.54) is 12.8 Å². The third-order valence-corrected chi connectivity index (χ3v) is 4.23. The van der Waals surface area contributed by atoms with Crippen LogP contribution in [0.25, 0.3) is 22.6 Å². The Labute approximate surface area is 130 Å². The summed E-state index contributed by atoms with van der Waals surface area (Å²) in [6.07, 6.45) is 6.04. The predicted octanol–water partition coefficient (Wildman–Crippen LogP) is 3.38. The highest BCUT2D eigenvalue weighted by molar-refractivity contribution is 9.10. The van der Waals surface area contributed by atoms with Crippen molar-refractivity contribution in [2.75, 3.05) is 18.0 Å². The summed E-state index contributed by atoms with van der Waals surface area (Å²) >= 11 is 3.47. The van der Waals surface area contributed by atoms with Gasteiger partial charge in [-0.05, 0) is 31.0 Å². The Morgan fingerprint density at radius 2 is 1.95 bits per heavy atom. The van der Waals surface area contributed by atoms with E-state index in [0.29, 0.717) is 0 Å². The average molecular weight is 344 g/mol. The number of hydrogen-bond acceptors (Lipinski definition) is 4. The molecule has 4 rings (SSSR count). The van der Waals surface area contributed by atoms with Crippen molar-refractivity contribution in [1.29, 1.82) is 0 Å². The number of aromatic amines is 1. The van der Waals surface area contributed by atoms with Gasteiger partial charge in [-0.1, -0.05) is 15.9 Å². The number of benzene rings is 1. The molecular weight excluding hydrogens is 330 g/mol. The number of H-pyrrole nitrogens is 1. The smallest absolute Gasteiger partial charge is 0.158 e. The molecule has 1 saturated heterocycles. The van der Waals surface area contributed by atoms with Crippen molar-refractivity contribution in [3.05, 3.63) is 35.1 Å². The van der Waals surface area contributed by atoms with Gasteiger partial charge in [0.25, 0.3) is 0 Å². The summed E-state index contributed by atoms with van der Waals surface area (Å²) in [6.45, 7) is 2.12. The molecule has 0 aliphatic carbocycles. The summed E-state index contributed by atoms with van der Waals surface area (Å²) in [5, 5.41) is 0. The van der Waals surface area contributed by atoms with Gasteiger partial charge in [0, 0.05) is 17.6 Å². The lowest BCUT2D eigenvalue weighted by Gasteiger charge is -2.15. The third-order valence-electron chi connectivity index (χ3n) is 3.74. The Morgan fingerprint density at radius 3 is 2.81 bits per heavy atom. The van der Waals surface area contributed by atoms with Crippen molar-refractivity contribution < 1.29 is 0 Å². The maximum absolute atomic E-state index is 4.70. The van der Waals surface area contributed by atoms with Gasteiger partial charge in [0.2, 0.25) is 0 Å². The Balaban J connectivity index is 1.75. The molecule has 0 amide bonds. The fourth-order valence-electron chi connectivity index (χ4n) is 2.67. The van der Waals surface area contributed by atoms with Gasteiger partial charge in [-0.2, -0.15) is 0 Å². The number of nitrogens with one attached hydrogen (secondary N) is 1. The van der Waals surface area contributed by atoms with Crippen LogP contribution < -0.4 is 4.90 Å². The summed E-state index contributed by atoms with van der Waals surface area (Å²) in [5.74, 6) is 1.70. The minimum atomic E-state index is 0.761. The highest BCUT2D eigenvalue weighted by Crippen LogP contribution is 2.24. The number of fused-ring (bicyclic) bond motifs is 1. The first-order chi connectivity index (χ1) is 10.3. The summed E-state index contributed by atoms with van der Waals surface area (Å²) in [6, 6.07) is 5.99. The molecule has 1 N–H and O–H groups in total. The predicted molar refractivity (Wildman–Crippen MR) is 86.3 cm³/mol. The lowest BCUT2D eigenvalue weighted by Crippen LogP contribution is -2.19. The Bertz CT molecular complexity index is 792. The van der Waals surface area contributed by atoms with Gasteiger partial charge in [0.15, 0.2) is 5.82 Å². The lowest BCUT2D eigenvalue weighted by molar-refractivity contribution is 0.926. The maximum atomic E-state index is 4.70. The zero-order valence-electron chi connectivity index (χ0n) is 11.4. The fourth-order valence-corrected chi connectivity index (χ4v) is 3.03. The SMILES string of the molecule is Brc1ccc2nc(-c3cncc(N4CCCC4)n3)[nH]c2c1. The van der Waals surface area contributed by atoms with Crippen molar-refractivity contribution in [3.8, 4) is 11.5 Å². The number of aromatic nitrogens is 4. The lowest BCUT2D eigenvalue weighted by atomic mass is 10.3. The van der Waals surface area contributed by atoms with Gasteiger partial charge in [-0.25, -0.2) is 9.97 Å². The summed E-state index contributed by atoms with van der Waals surface area (Å²) < 4.78 is 1.03. The molecule has 0 atom stereocenters. The number of anilines is 1. The molecule has 6 heteroatoms. The monoisotopic (exact) mass is 343 g/mol. The van der Waals surface area contributed by atoms with E-state index >= 15 is 0 Å². The van der Waals surface area contributed by atoms with E-state index in [2.05, 4.69) is 35.8 Å². The quantitative estimate of drug-likeness (QED) is 0.774. The zero-order valence-corrected chi connectivity index (χ0v) is 13.0. The number of halogens is 1. The van der Waals surface area contributed by atoms with Crippen LogP contribution >= 0.6 is 15.9 Å². The Kier molecular flexibility index (Phi) is 3.11. The van der Waals surface area contributed by atoms with E-state index in [1.54, 1.807) is 6.20 Å². The van der Waals surface area contributed by atoms with Gasteiger partial charge in [0.05, 0.1) is 23.4 Å². The largest absolute Gasteiger partial charge is 0.355 e. The van der Waals surface area contributed by atoms with Gasteiger partial charge in [-0.15, -0.1) is 0 Å². The molecule has 21 heavy (non-hydrogen) atoms.